The van der Waals surface area contributed by atoms with Crippen LogP contribution < -0.4 is 4.74 Å². The van der Waals surface area contributed by atoms with E-state index in [1.165, 1.54) is 0 Å². The van der Waals surface area contributed by atoms with Crippen LogP contribution in [-0.2, 0) is 6.42 Å². The summed E-state index contributed by atoms with van der Waals surface area (Å²) in [4.78, 5) is 0. The maximum Gasteiger partial charge on any atom is 0.124 e. The number of halogens is 1. The molecule has 0 radical (unpaired) electrons. The van der Waals surface area contributed by atoms with Gasteiger partial charge in [-0.3, -0.25) is 0 Å². The van der Waals surface area contributed by atoms with Crippen molar-refractivity contribution in [3.05, 3.63) is 58.6 Å². The summed E-state index contributed by atoms with van der Waals surface area (Å²) in [5.41, 5.74) is 2.16. The molecular weight excluding hydrogens is 248 g/mol. The first kappa shape index (κ1) is 11.4. The van der Waals surface area contributed by atoms with Crippen LogP contribution in [0.3, 0.4) is 0 Å². The van der Waals surface area contributed by atoms with Gasteiger partial charge in [0, 0.05) is 5.02 Å². The summed E-state index contributed by atoms with van der Waals surface area (Å²) in [7, 11) is 0. The number of phenolic OH excluding ortho intramolecular Hbond substituents is 1. The second-order valence-electron chi connectivity index (χ2n) is 4.49. The molecule has 0 aromatic heterocycles. The van der Waals surface area contributed by atoms with E-state index in [1.54, 1.807) is 12.1 Å². The molecule has 92 valence electrons. The van der Waals surface area contributed by atoms with E-state index >= 15 is 0 Å². The summed E-state index contributed by atoms with van der Waals surface area (Å²) in [6.45, 7) is 0. The first-order chi connectivity index (χ1) is 8.72. The van der Waals surface area contributed by atoms with Crippen LogP contribution in [0.25, 0.3) is 0 Å². The van der Waals surface area contributed by atoms with E-state index in [9.17, 15) is 5.11 Å². The number of aromatic hydroxyl groups is 1. The van der Waals surface area contributed by atoms with Gasteiger partial charge in [0.15, 0.2) is 0 Å². The molecule has 2 nitrogen and oxygen atoms in total. The van der Waals surface area contributed by atoms with Crippen LogP contribution in [-0.4, -0.2) is 5.11 Å². The van der Waals surface area contributed by atoms with Gasteiger partial charge in [0.1, 0.15) is 17.6 Å². The minimum atomic E-state index is 0.0424. The second kappa shape index (κ2) is 4.54. The molecule has 3 heteroatoms. The summed E-state index contributed by atoms with van der Waals surface area (Å²) in [5.74, 6) is 1.14. The van der Waals surface area contributed by atoms with Gasteiger partial charge in [-0.25, -0.2) is 0 Å². The normalized spacial score (nSPS) is 17.9. The van der Waals surface area contributed by atoms with E-state index in [2.05, 4.69) is 0 Å². The van der Waals surface area contributed by atoms with Crippen molar-refractivity contribution in [2.75, 3.05) is 0 Å². The molecule has 18 heavy (non-hydrogen) atoms. The molecule has 1 aliphatic rings. The van der Waals surface area contributed by atoms with Crippen molar-refractivity contribution in [1.82, 2.24) is 0 Å². The smallest absolute Gasteiger partial charge is 0.124 e. The molecule has 0 bridgehead atoms. The van der Waals surface area contributed by atoms with Gasteiger partial charge in [-0.15, -0.1) is 0 Å². The Morgan fingerprint density at radius 1 is 1.17 bits per heavy atom. The fraction of sp³-hybridized carbons (Fsp3) is 0.200. The van der Waals surface area contributed by atoms with Crippen LogP contribution in [0.5, 0.6) is 11.5 Å². The minimum absolute atomic E-state index is 0.0424. The Kier molecular flexibility index (Phi) is 2.88. The van der Waals surface area contributed by atoms with Gasteiger partial charge in [-0.1, -0.05) is 23.7 Å². The molecule has 3 rings (SSSR count). The van der Waals surface area contributed by atoms with Crippen molar-refractivity contribution < 1.29 is 9.84 Å². The topological polar surface area (TPSA) is 29.5 Å². The average Bonchev–Trinajstić information content (AvgIpc) is 2.38. The van der Waals surface area contributed by atoms with Crippen LogP contribution in [0.15, 0.2) is 42.5 Å². The van der Waals surface area contributed by atoms with Crippen molar-refractivity contribution in [3.63, 3.8) is 0 Å². The Morgan fingerprint density at radius 3 is 2.89 bits per heavy atom. The van der Waals surface area contributed by atoms with Crippen molar-refractivity contribution in [3.8, 4) is 11.5 Å². The number of fused-ring (bicyclic) bond motifs is 1. The van der Waals surface area contributed by atoms with E-state index in [0.29, 0.717) is 5.75 Å². The molecular formula is C15H13ClO2. The number of hydrogen-bond donors (Lipinski definition) is 1. The quantitative estimate of drug-likeness (QED) is 0.836. The van der Waals surface area contributed by atoms with Gasteiger partial charge in [-0.05, 0) is 54.3 Å². The summed E-state index contributed by atoms with van der Waals surface area (Å²) in [6, 6.07) is 13.0. The highest BCUT2D eigenvalue weighted by molar-refractivity contribution is 6.30. The van der Waals surface area contributed by atoms with E-state index in [1.807, 2.05) is 30.3 Å². The lowest BCUT2D eigenvalue weighted by Gasteiger charge is -2.26. The minimum Gasteiger partial charge on any atom is -0.508 e. The number of phenols is 1. The third kappa shape index (κ3) is 2.16. The third-order valence-electron chi connectivity index (χ3n) is 3.21. The SMILES string of the molecule is Oc1ccc2c(c1)CCC(c1cccc(Cl)c1)O2. The van der Waals surface area contributed by atoms with E-state index < -0.39 is 0 Å². The Bertz CT molecular complexity index is 580. The lowest BCUT2D eigenvalue weighted by Crippen LogP contribution is -2.14. The highest BCUT2D eigenvalue weighted by Gasteiger charge is 2.21. The van der Waals surface area contributed by atoms with Gasteiger partial charge < -0.3 is 9.84 Å². The lowest BCUT2D eigenvalue weighted by atomic mass is 9.97. The Morgan fingerprint density at radius 2 is 2.06 bits per heavy atom. The highest BCUT2D eigenvalue weighted by atomic mass is 35.5. The number of ether oxygens (including phenoxy) is 1. The Labute approximate surface area is 111 Å². The number of aryl methyl sites for hydroxylation is 1. The maximum atomic E-state index is 9.43. The molecule has 1 unspecified atom stereocenters. The van der Waals surface area contributed by atoms with Crippen LogP contribution in [0.2, 0.25) is 5.02 Å². The molecule has 1 heterocycles. The van der Waals surface area contributed by atoms with Crippen molar-refractivity contribution in [2.24, 2.45) is 0 Å². The maximum absolute atomic E-state index is 9.43. The molecule has 0 saturated heterocycles. The number of benzene rings is 2. The molecule has 2 aromatic carbocycles. The molecule has 0 amide bonds. The van der Waals surface area contributed by atoms with Gasteiger partial charge in [0.25, 0.3) is 0 Å². The van der Waals surface area contributed by atoms with Crippen molar-refractivity contribution in [1.29, 1.82) is 0 Å². The van der Waals surface area contributed by atoms with Crippen LogP contribution in [0, 0.1) is 0 Å². The second-order valence-corrected chi connectivity index (χ2v) is 4.93. The zero-order valence-corrected chi connectivity index (χ0v) is 10.5. The zero-order chi connectivity index (χ0) is 12.5. The molecule has 1 atom stereocenters. The summed E-state index contributed by atoms with van der Waals surface area (Å²) < 4.78 is 5.96. The highest BCUT2D eigenvalue weighted by Crippen LogP contribution is 2.36. The number of hydrogen-bond acceptors (Lipinski definition) is 2. The summed E-state index contributed by atoms with van der Waals surface area (Å²) >= 11 is 6.00. The largest absolute Gasteiger partial charge is 0.508 e. The zero-order valence-electron chi connectivity index (χ0n) is 9.77. The number of rotatable bonds is 1. The predicted molar refractivity (Wildman–Crippen MR) is 71.2 cm³/mol. The van der Waals surface area contributed by atoms with Crippen LogP contribution in [0.1, 0.15) is 23.7 Å². The summed E-state index contributed by atoms with van der Waals surface area (Å²) in [5, 5.41) is 10.2. The molecule has 0 spiro atoms. The molecule has 0 saturated carbocycles. The van der Waals surface area contributed by atoms with E-state index in [0.717, 1.165) is 34.7 Å². The van der Waals surface area contributed by atoms with Crippen LogP contribution in [0.4, 0.5) is 0 Å². The van der Waals surface area contributed by atoms with Gasteiger partial charge in [-0.2, -0.15) is 0 Å². The van der Waals surface area contributed by atoms with Gasteiger partial charge >= 0.3 is 0 Å². The molecule has 2 aromatic rings. The Balaban J connectivity index is 1.89. The van der Waals surface area contributed by atoms with Crippen molar-refractivity contribution >= 4 is 11.6 Å². The van der Waals surface area contributed by atoms with Gasteiger partial charge in [0.2, 0.25) is 0 Å². The first-order valence-corrected chi connectivity index (χ1v) is 6.34. The molecule has 0 fully saturated rings. The summed E-state index contributed by atoms with van der Waals surface area (Å²) in [6.07, 6.45) is 1.85. The van der Waals surface area contributed by atoms with E-state index in [4.69, 9.17) is 16.3 Å². The standard InChI is InChI=1S/C15H13ClO2/c16-12-3-1-2-10(8-12)14-6-4-11-9-13(17)5-7-15(11)18-14/h1-3,5,7-9,14,17H,4,6H2. The third-order valence-corrected chi connectivity index (χ3v) is 3.44. The fourth-order valence-electron chi connectivity index (χ4n) is 2.32. The fourth-order valence-corrected chi connectivity index (χ4v) is 2.52. The molecule has 1 N–H and O–H groups in total. The van der Waals surface area contributed by atoms with Crippen molar-refractivity contribution in [2.45, 2.75) is 18.9 Å². The monoisotopic (exact) mass is 260 g/mol. The predicted octanol–water partition coefficient (Wildman–Crippen LogP) is 4.11. The van der Waals surface area contributed by atoms with Gasteiger partial charge in [0.05, 0.1) is 0 Å². The Hall–Kier alpha value is -1.67. The van der Waals surface area contributed by atoms with E-state index in [-0.39, 0.29) is 6.10 Å². The first-order valence-electron chi connectivity index (χ1n) is 5.96. The molecule has 1 aliphatic heterocycles. The molecule has 0 aliphatic carbocycles. The average molecular weight is 261 g/mol. The van der Waals surface area contributed by atoms with Crippen LogP contribution >= 0.6 is 11.6 Å². The lowest BCUT2D eigenvalue weighted by molar-refractivity contribution is 0.176.